The SMILES string of the molecule is CC.CC(C)=C(C(F)(F)F)C(F)(F)F. The van der Waals surface area contributed by atoms with Crippen molar-refractivity contribution in [3.8, 4) is 0 Å². The van der Waals surface area contributed by atoms with E-state index in [1.807, 2.05) is 13.8 Å². The van der Waals surface area contributed by atoms with E-state index in [4.69, 9.17) is 0 Å². The first-order chi connectivity index (χ1) is 6.07. The van der Waals surface area contributed by atoms with Crippen LogP contribution >= 0.6 is 0 Å². The Labute approximate surface area is 78.6 Å². The second-order valence-electron chi connectivity index (χ2n) is 2.37. The highest BCUT2D eigenvalue weighted by Gasteiger charge is 2.51. The third-order valence-electron chi connectivity index (χ3n) is 1.07. The fourth-order valence-electron chi connectivity index (χ4n) is 0.728. The van der Waals surface area contributed by atoms with E-state index in [1.165, 1.54) is 0 Å². The Bertz CT molecular complexity index is 175. The molecule has 0 fully saturated rings. The van der Waals surface area contributed by atoms with Gasteiger partial charge >= 0.3 is 12.4 Å². The molecule has 0 aliphatic rings. The molecule has 0 heterocycles. The summed E-state index contributed by atoms with van der Waals surface area (Å²) in [7, 11) is 0. The Hall–Kier alpha value is -0.680. The van der Waals surface area contributed by atoms with Gasteiger partial charge in [-0.25, -0.2) is 0 Å². The number of allylic oxidation sites excluding steroid dienone is 2. The molecule has 14 heavy (non-hydrogen) atoms. The quantitative estimate of drug-likeness (QED) is 0.419. The van der Waals surface area contributed by atoms with Gasteiger partial charge in [-0.1, -0.05) is 19.4 Å². The zero-order chi connectivity index (χ0) is 12.2. The molecule has 0 unspecified atom stereocenters. The number of hydrogen-bond acceptors (Lipinski definition) is 0. The largest absolute Gasteiger partial charge is 0.421 e. The second-order valence-corrected chi connectivity index (χ2v) is 2.37. The Balaban J connectivity index is 0. The minimum Gasteiger partial charge on any atom is -0.166 e. The molecule has 0 N–H and O–H groups in total. The van der Waals surface area contributed by atoms with Crippen molar-refractivity contribution < 1.29 is 26.3 Å². The lowest BCUT2D eigenvalue weighted by Gasteiger charge is -2.16. The van der Waals surface area contributed by atoms with Gasteiger partial charge in [-0.05, 0) is 13.8 Å². The third kappa shape index (κ3) is 5.14. The minimum absolute atomic E-state index is 0.774. The highest BCUT2D eigenvalue weighted by molar-refractivity contribution is 5.20. The number of hydrogen-bond donors (Lipinski definition) is 0. The van der Waals surface area contributed by atoms with Crippen molar-refractivity contribution in [2.45, 2.75) is 40.0 Å². The molecule has 0 atom stereocenters. The van der Waals surface area contributed by atoms with Crippen LogP contribution in [-0.2, 0) is 0 Å². The van der Waals surface area contributed by atoms with Crippen molar-refractivity contribution in [2.75, 3.05) is 0 Å². The molecule has 0 aromatic rings. The van der Waals surface area contributed by atoms with E-state index >= 15 is 0 Å². The molecule has 6 heteroatoms. The van der Waals surface area contributed by atoms with Gasteiger partial charge in [0.05, 0.1) is 0 Å². The lowest BCUT2D eigenvalue weighted by molar-refractivity contribution is -0.173. The molecule has 0 bridgehead atoms. The highest BCUT2D eigenvalue weighted by atomic mass is 19.4. The summed E-state index contributed by atoms with van der Waals surface area (Å²) in [5.41, 5.74) is -3.20. The molecular formula is C8H12F6. The van der Waals surface area contributed by atoms with Crippen molar-refractivity contribution in [2.24, 2.45) is 0 Å². The molecule has 0 saturated heterocycles. The third-order valence-corrected chi connectivity index (χ3v) is 1.07. The van der Waals surface area contributed by atoms with Crippen LogP contribution < -0.4 is 0 Å². The van der Waals surface area contributed by atoms with Crippen LogP contribution in [0.25, 0.3) is 0 Å². The number of rotatable bonds is 0. The van der Waals surface area contributed by atoms with E-state index in [-0.39, 0.29) is 0 Å². The van der Waals surface area contributed by atoms with Crippen LogP contribution in [0.2, 0.25) is 0 Å². The Morgan fingerprint density at radius 3 is 0.929 bits per heavy atom. The van der Waals surface area contributed by atoms with Crippen molar-refractivity contribution >= 4 is 0 Å². The van der Waals surface area contributed by atoms with Crippen LogP contribution in [0, 0.1) is 0 Å². The monoisotopic (exact) mass is 222 g/mol. The van der Waals surface area contributed by atoms with Crippen LogP contribution in [0.3, 0.4) is 0 Å². The van der Waals surface area contributed by atoms with Crippen LogP contribution in [0.15, 0.2) is 11.1 Å². The molecule has 0 aromatic heterocycles. The van der Waals surface area contributed by atoms with Crippen molar-refractivity contribution in [1.29, 1.82) is 0 Å². The van der Waals surface area contributed by atoms with E-state index < -0.39 is 23.5 Å². The Morgan fingerprint density at radius 2 is 0.929 bits per heavy atom. The molecule has 86 valence electrons. The summed E-state index contributed by atoms with van der Waals surface area (Å²) in [6.07, 6.45) is -10.6. The molecule has 0 aliphatic carbocycles. The summed E-state index contributed by atoms with van der Waals surface area (Å²) in [4.78, 5) is 0. The molecule has 0 aliphatic heterocycles. The fraction of sp³-hybridized carbons (Fsp3) is 0.750. The molecule has 0 saturated carbocycles. The zero-order valence-electron chi connectivity index (χ0n) is 8.27. The molecule has 0 rings (SSSR count). The van der Waals surface area contributed by atoms with E-state index in [2.05, 4.69) is 0 Å². The van der Waals surface area contributed by atoms with E-state index in [0.717, 1.165) is 13.8 Å². The van der Waals surface area contributed by atoms with Gasteiger partial charge in [0.25, 0.3) is 0 Å². The number of halogens is 6. The van der Waals surface area contributed by atoms with Gasteiger partial charge in [0.2, 0.25) is 0 Å². The van der Waals surface area contributed by atoms with Crippen LogP contribution in [-0.4, -0.2) is 12.4 Å². The van der Waals surface area contributed by atoms with Crippen molar-refractivity contribution in [3.63, 3.8) is 0 Å². The van der Waals surface area contributed by atoms with E-state index in [0.29, 0.717) is 0 Å². The zero-order valence-corrected chi connectivity index (χ0v) is 8.27. The summed E-state index contributed by atoms with van der Waals surface area (Å²) in [5, 5.41) is 0. The normalized spacial score (nSPS) is 11.6. The van der Waals surface area contributed by atoms with Gasteiger partial charge in [-0.3, -0.25) is 0 Å². The molecule has 0 radical (unpaired) electrons. The standard InChI is InChI=1S/C6H6F6.C2H6/c1-3(2)4(5(7,8)9)6(10,11)12;1-2/h1-2H3;1-2H3. The van der Waals surface area contributed by atoms with Gasteiger partial charge in [0.1, 0.15) is 5.57 Å². The lowest BCUT2D eigenvalue weighted by atomic mass is 10.1. The minimum atomic E-state index is -5.32. The summed E-state index contributed by atoms with van der Waals surface area (Å²) >= 11 is 0. The van der Waals surface area contributed by atoms with E-state index in [1.54, 1.807) is 0 Å². The molecule has 0 nitrogen and oxygen atoms in total. The molecule has 0 aromatic carbocycles. The molecular weight excluding hydrogens is 210 g/mol. The van der Waals surface area contributed by atoms with Crippen LogP contribution in [0.4, 0.5) is 26.3 Å². The van der Waals surface area contributed by atoms with Gasteiger partial charge < -0.3 is 0 Å². The topological polar surface area (TPSA) is 0 Å². The molecule has 0 amide bonds. The van der Waals surface area contributed by atoms with Gasteiger partial charge in [-0.2, -0.15) is 26.3 Å². The predicted octanol–water partition coefficient (Wildman–Crippen LogP) is 4.47. The smallest absolute Gasteiger partial charge is 0.166 e. The average molecular weight is 222 g/mol. The molecule has 0 spiro atoms. The summed E-state index contributed by atoms with van der Waals surface area (Å²) < 4.78 is 70.1. The maximum atomic E-state index is 11.7. The maximum absolute atomic E-state index is 11.7. The summed E-state index contributed by atoms with van der Waals surface area (Å²) in [6.45, 7) is 5.55. The first kappa shape index (κ1) is 15.8. The second kappa shape index (κ2) is 5.26. The first-order valence-corrected chi connectivity index (χ1v) is 3.88. The summed E-state index contributed by atoms with van der Waals surface area (Å²) in [6, 6.07) is 0. The van der Waals surface area contributed by atoms with Gasteiger partial charge in [-0.15, -0.1) is 0 Å². The predicted molar refractivity (Wildman–Crippen MR) is 41.8 cm³/mol. The maximum Gasteiger partial charge on any atom is 0.421 e. The van der Waals surface area contributed by atoms with Crippen LogP contribution in [0.5, 0.6) is 0 Å². The van der Waals surface area contributed by atoms with Crippen molar-refractivity contribution in [1.82, 2.24) is 0 Å². The Morgan fingerprint density at radius 1 is 0.714 bits per heavy atom. The lowest BCUT2D eigenvalue weighted by Crippen LogP contribution is -2.27. The fourth-order valence-corrected chi connectivity index (χ4v) is 0.728. The highest BCUT2D eigenvalue weighted by Crippen LogP contribution is 2.40. The van der Waals surface area contributed by atoms with Gasteiger partial charge in [0, 0.05) is 0 Å². The van der Waals surface area contributed by atoms with Crippen molar-refractivity contribution in [3.05, 3.63) is 11.1 Å². The summed E-state index contributed by atoms with van der Waals surface area (Å²) in [5.74, 6) is 0. The first-order valence-electron chi connectivity index (χ1n) is 3.88. The Kier molecular flexibility index (Phi) is 5.93. The average Bonchev–Trinajstić information content (AvgIpc) is 1.82. The number of alkyl halides is 6. The van der Waals surface area contributed by atoms with Crippen LogP contribution in [0.1, 0.15) is 27.7 Å². The van der Waals surface area contributed by atoms with E-state index in [9.17, 15) is 26.3 Å². The van der Waals surface area contributed by atoms with Gasteiger partial charge in [0.15, 0.2) is 0 Å².